The molecule has 1 aromatic rings. The number of aromatic nitrogens is 1. The van der Waals surface area contributed by atoms with Crippen molar-refractivity contribution in [3.63, 3.8) is 0 Å². The van der Waals surface area contributed by atoms with Gasteiger partial charge in [-0.25, -0.2) is 4.98 Å². The number of pyridine rings is 1. The normalized spacial score (nSPS) is 11.1. The lowest BCUT2D eigenvalue weighted by atomic mass is 10.2. The summed E-state index contributed by atoms with van der Waals surface area (Å²) in [4.78, 5) is 3.20. The third-order valence-electron chi connectivity index (χ3n) is 1.36. The number of hydrogen-bond donors (Lipinski definition) is 0. The van der Waals surface area contributed by atoms with Gasteiger partial charge in [0.05, 0.1) is 11.1 Å². The molecule has 1 aromatic heterocycles. The van der Waals surface area contributed by atoms with Crippen molar-refractivity contribution >= 4 is 23.2 Å². The Hall–Kier alpha value is -0.990. The van der Waals surface area contributed by atoms with E-state index in [2.05, 4.69) is 4.98 Å². The Morgan fingerprint density at radius 1 is 1.29 bits per heavy atom. The van der Waals surface area contributed by atoms with Crippen molar-refractivity contribution in [2.75, 3.05) is 0 Å². The van der Waals surface area contributed by atoms with E-state index in [9.17, 15) is 13.2 Å². The Kier molecular flexibility index (Phi) is 2.88. The highest BCUT2D eigenvalue weighted by molar-refractivity contribution is 6.33. The molecular weight excluding hydrogens is 240 g/mol. The lowest BCUT2D eigenvalue weighted by Gasteiger charge is -2.08. The molecule has 0 aliphatic carbocycles. The minimum Gasteiger partial charge on any atom is -0.222 e. The lowest BCUT2D eigenvalue weighted by Crippen LogP contribution is -2.07. The number of nitriles is 1. The van der Waals surface area contributed by atoms with E-state index in [-0.39, 0.29) is 10.7 Å². The molecule has 0 N–H and O–H groups in total. The predicted octanol–water partition coefficient (Wildman–Crippen LogP) is 3.28. The molecule has 0 saturated carbocycles. The van der Waals surface area contributed by atoms with Crippen molar-refractivity contribution in [3.8, 4) is 6.07 Å². The highest BCUT2D eigenvalue weighted by Crippen LogP contribution is 2.35. The van der Waals surface area contributed by atoms with Crippen LogP contribution in [0.5, 0.6) is 0 Å². The van der Waals surface area contributed by atoms with Gasteiger partial charge in [0, 0.05) is 0 Å². The van der Waals surface area contributed by atoms with E-state index in [1.165, 1.54) is 6.07 Å². The summed E-state index contributed by atoms with van der Waals surface area (Å²) in [7, 11) is 0. The van der Waals surface area contributed by atoms with Crippen LogP contribution >= 0.6 is 23.2 Å². The van der Waals surface area contributed by atoms with Gasteiger partial charge in [0.1, 0.15) is 16.4 Å². The number of halogens is 5. The van der Waals surface area contributed by atoms with Gasteiger partial charge in [0.15, 0.2) is 0 Å². The standard InChI is InChI=1S/C7HCl2F3N2/c8-5-3(2-13)1-4(6(9)14-5)7(10,11)12/h1H. The summed E-state index contributed by atoms with van der Waals surface area (Å²) in [6.07, 6.45) is -4.64. The second-order valence-corrected chi connectivity index (χ2v) is 2.99. The highest BCUT2D eigenvalue weighted by atomic mass is 35.5. The van der Waals surface area contributed by atoms with Crippen LogP contribution in [-0.4, -0.2) is 4.98 Å². The zero-order valence-corrected chi connectivity index (χ0v) is 7.87. The summed E-state index contributed by atoms with van der Waals surface area (Å²) in [6.45, 7) is 0. The molecule has 0 spiro atoms. The zero-order valence-electron chi connectivity index (χ0n) is 6.36. The summed E-state index contributed by atoms with van der Waals surface area (Å²) in [5.41, 5.74) is -1.52. The first kappa shape index (κ1) is 11.1. The summed E-state index contributed by atoms with van der Waals surface area (Å²) in [6, 6.07) is 2.05. The van der Waals surface area contributed by atoms with E-state index in [0.29, 0.717) is 6.07 Å². The molecule has 2 nitrogen and oxygen atoms in total. The average Bonchev–Trinajstić information content (AvgIpc) is 2.02. The summed E-state index contributed by atoms with van der Waals surface area (Å²) in [5.74, 6) is 0. The molecular formula is C7HCl2F3N2. The molecule has 7 heteroatoms. The van der Waals surface area contributed by atoms with Crippen LogP contribution in [0.2, 0.25) is 10.3 Å². The van der Waals surface area contributed by atoms with Crippen LogP contribution in [0.15, 0.2) is 6.07 Å². The molecule has 0 aliphatic heterocycles. The van der Waals surface area contributed by atoms with Gasteiger partial charge in [-0.15, -0.1) is 0 Å². The van der Waals surface area contributed by atoms with Gasteiger partial charge < -0.3 is 0 Å². The average molecular weight is 241 g/mol. The molecule has 0 atom stereocenters. The molecule has 0 radical (unpaired) electrons. The van der Waals surface area contributed by atoms with Crippen LogP contribution < -0.4 is 0 Å². The van der Waals surface area contributed by atoms with Crippen LogP contribution in [0.1, 0.15) is 11.1 Å². The van der Waals surface area contributed by atoms with Crippen LogP contribution in [0.4, 0.5) is 13.2 Å². The molecule has 0 aliphatic rings. The first-order valence-corrected chi connectivity index (χ1v) is 3.95. The fourth-order valence-corrected chi connectivity index (χ4v) is 1.22. The molecule has 1 rings (SSSR count). The Morgan fingerprint density at radius 3 is 2.29 bits per heavy atom. The zero-order chi connectivity index (χ0) is 10.9. The Morgan fingerprint density at radius 2 is 1.86 bits per heavy atom. The van der Waals surface area contributed by atoms with Gasteiger partial charge >= 0.3 is 6.18 Å². The van der Waals surface area contributed by atoms with E-state index < -0.39 is 16.9 Å². The maximum Gasteiger partial charge on any atom is 0.419 e. The molecule has 0 bridgehead atoms. The van der Waals surface area contributed by atoms with E-state index in [1.54, 1.807) is 0 Å². The highest BCUT2D eigenvalue weighted by Gasteiger charge is 2.34. The fraction of sp³-hybridized carbons (Fsp3) is 0.143. The third-order valence-corrected chi connectivity index (χ3v) is 1.93. The number of alkyl halides is 3. The summed E-state index contributed by atoms with van der Waals surface area (Å²) in [5, 5.41) is 7.31. The van der Waals surface area contributed by atoms with Gasteiger partial charge in [-0.1, -0.05) is 23.2 Å². The maximum atomic E-state index is 12.2. The lowest BCUT2D eigenvalue weighted by molar-refractivity contribution is -0.137. The smallest absolute Gasteiger partial charge is 0.222 e. The van der Waals surface area contributed by atoms with E-state index in [1.807, 2.05) is 0 Å². The van der Waals surface area contributed by atoms with Crippen LogP contribution in [-0.2, 0) is 6.18 Å². The van der Waals surface area contributed by atoms with Crippen molar-refractivity contribution in [2.45, 2.75) is 6.18 Å². The molecule has 0 unspecified atom stereocenters. The second-order valence-electron chi connectivity index (χ2n) is 2.27. The van der Waals surface area contributed by atoms with Gasteiger partial charge in [-0.3, -0.25) is 0 Å². The number of nitrogens with zero attached hydrogens (tertiary/aromatic N) is 2. The minimum atomic E-state index is -4.64. The number of hydrogen-bond acceptors (Lipinski definition) is 2. The van der Waals surface area contributed by atoms with Crippen molar-refractivity contribution in [1.82, 2.24) is 4.98 Å². The Bertz CT molecular complexity index is 409. The SMILES string of the molecule is N#Cc1cc(C(F)(F)F)c(Cl)nc1Cl. The van der Waals surface area contributed by atoms with Crippen molar-refractivity contribution in [2.24, 2.45) is 0 Å². The first-order valence-electron chi connectivity index (χ1n) is 3.19. The Balaban J connectivity index is 3.41. The van der Waals surface area contributed by atoms with Crippen molar-refractivity contribution in [1.29, 1.82) is 5.26 Å². The van der Waals surface area contributed by atoms with Crippen molar-refractivity contribution < 1.29 is 13.2 Å². The molecule has 0 amide bonds. The second kappa shape index (κ2) is 3.64. The van der Waals surface area contributed by atoms with E-state index in [4.69, 9.17) is 28.5 Å². The van der Waals surface area contributed by atoms with E-state index in [0.717, 1.165) is 0 Å². The van der Waals surface area contributed by atoms with Crippen LogP contribution in [0.25, 0.3) is 0 Å². The molecule has 0 saturated heterocycles. The largest absolute Gasteiger partial charge is 0.419 e. The van der Waals surface area contributed by atoms with Crippen LogP contribution in [0, 0.1) is 11.3 Å². The third kappa shape index (κ3) is 2.08. The van der Waals surface area contributed by atoms with Gasteiger partial charge in [0.25, 0.3) is 0 Å². The monoisotopic (exact) mass is 240 g/mol. The van der Waals surface area contributed by atoms with Gasteiger partial charge in [0.2, 0.25) is 0 Å². The Labute approximate surface area is 86.9 Å². The first-order chi connectivity index (χ1) is 6.36. The molecule has 0 fully saturated rings. The summed E-state index contributed by atoms with van der Waals surface area (Å²) < 4.78 is 36.7. The molecule has 14 heavy (non-hydrogen) atoms. The minimum absolute atomic E-state index is 0.342. The van der Waals surface area contributed by atoms with E-state index >= 15 is 0 Å². The molecule has 1 heterocycles. The topological polar surface area (TPSA) is 36.7 Å². The molecule has 0 aromatic carbocycles. The predicted molar refractivity (Wildman–Crippen MR) is 44.0 cm³/mol. The van der Waals surface area contributed by atoms with Gasteiger partial charge in [-0.2, -0.15) is 18.4 Å². The molecule has 74 valence electrons. The van der Waals surface area contributed by atoms with Crippen LogP contribution in [0.3, 0.4) is 0 Å². The maximum absolute atomic E-state index is 12.2. The fourth-order valence-electron chi connectivity index (χ4n) is 0.747. The summed E-state index contributed by atoms with van der Waals surface area (Å²) >= 11 is 10.6. The quantitative estimate of drug-likeness (QED) is 0.653. The number of rotatable bonds is 0. The van der Waals surface area contributed by atoms with Crippen molar-refractivity contribution in [3.05, 3.63) is 27.5 Å². The van der Waals surface area contributed by atoms with Gasteiger partial charge in [-0.05, 0) is 6.07 Å².